The lowest BCUT2D eigenvalue weighted by atomic mass is 9.68. The zero-order valence-corrected chi connectivity index (χ0v) is 21.1. The lowest BCUT2D eigenvalue weighted by Crippen LogP contribution is -2.56. The van der Waals surface area contributed by atoms with Crippen LogP contribution in [0.3, 0.4) is 0 Å². The van der Waals surface area contributed by atoms with Gasteiger partial charge in [-0.2, -0.15) is 0 Å². The summed E-state index contributed by atoms with van der Waals surface area (Å²) < 4.78 is 0. The van der Waals surface area contributed by atoms with Crippen LogP contribution in [0.1, 0.15) is 67.7 Å². The number of rotatable bonds is 8. The van der Waals surface area contributed by atoms with Crippen molar-refractivity contribution < 1.29 is 19.5 Å². The molecule has 0 saturated carbocycles. The minimum Gasteiger partial charge on any atom is -0.394 e. The predicted octanol–water partition coefficient (Wildman–Crippen LogP) is 2.49. The molecule has 0 aromatic rings. The van der Waals surface area contributed by atoms with E-state index in [0.29, 0.717) is 0 Å². The molecule has 0 spiro atoms. The summed E-state index contributed by atoms with van der Waals surface area (Å²) in [4.78, 5) is 41.7. The molecule has 1 heterocycles. The second-order valence-corrected chi connectivity index (χ2v) is 11.4. The van der Waals surface area contributed by atoms with Crippen LogP contribution in [-0.2, 0) is 14.4 Å². The van der Waals surface area contributed by atoms with E-state index >= 15 is 0 Å². The van der Waals surface area contributed by atoms with Crippen LogP contribution in [-0.4, -0.2) is 59.0 Å². The number of fused-ring (bicyclic) bond motifs is 1. The van der Waals surface area contributed by atoms with Crippen LogP contribution < -0.4 is 10.6 Å². The van der Waals surface area contributed by atoms with Gasteiger partial charge in [-0.3, -0.25) is 14.4 Å². The first-order chi connectivity index (χ1) is 14.8. The van der Waals surface area contributed by atoms with E-state index in [1.54, 1.807) is 14.0 Å². The average molecular weight is 450 g/mol. The van der Waals surface area contributed by atoms with Gasteiger partial charge in [0.25, 0.3) is 0 Å². The van der Waals surface area contributed by atoms with Gasteiger partial charge >= 0.3 is 0 Å². The quantitative estimate of drug-likeness (QED) is 0.496. The summed E-state index contributed by atoms with van der Waals surface area (Å²) >= 11 is 0. The summed E-state index contributed by atoms with van der Waals surface area (Å²) in [5.41, 5.74) is -0.445. The van der Waals surface area contributed by atoms with E-state index in [-0.39, 0.29) is 35.7 Å². The molecular weight excluding hydrogens is 406 g/mol. The fourth-order valence-corrected chi connectivity index (χ4v) is 5.92. The number of hydrogen-bond acceptors (Lipinski definition) is 4. The van der Waals surface area contributed by atoms with Crippen LogP contribution >= 0.6 is 0 Å². The van der Waals surface area contributed by atoms with Gasteiger partial charge in [-0.25, -0.2) is 0 Å². The van der Waals surface area contributed by atoms with Crippen molar-refractivity contribution in [1.82, 2.24) is 15.5 Å². The van der Waals surface area contributed by atoms with Gasteiger partial charge in [-0.1, -0.05) is 46.3 Å². The molecule has 6 atom stereocenters. The Bertz CT molecular complexity index is 740. The highest BCUT2D eigenvalue weighted by atomic mass is 16.3. The summed E-state index contributed by atoms with van der Waals surface area (Å²) in [6.07, 6.45) is 6.45. The summed E-state index contributed by atoms with van der Waals surface area (Å²) in [5.74, 6) is -2.18. The molecule has 182 valence electrons. The Morgan fingerprint density at radius 2 is 1.78 bits per heavy atom. The third kappa shape index (κ3) is 5.53. The summed E-state index contributed by atoms with van der Waals surface area (Å²) in [5, 5.41) is 15.8. The Morgan fingerprint density at radius 1 is 1.16 bits per heavy atom. The molecule has 0 aromatic heterocycles. The molecule has 3 N–H and O–H groups in total. The molecule has 1 aliphatic carbocycles. The molecule has 7 heteroatoms. The SMILES string of the molecule is CCC[C@@H]1C=C[C@H]2[C@@H](C(=O)N([C@H](C)CO)[C@@H]2C(=O)NC(C)(C)CC(C)(C)C)[C@@H]1C(=O)NC. The van der Waals surface area contributed by atoms with E-state index in [9.17, 15) is 19.5 Å². The Hall–Kier alpha value is -1.89. The molecule has 7 nitrogen and oxygen atoms in total. The van der Waals surface area contributed by atoms with E-state index in [1.165, 1.54) is 4.90 Å². The number of nitrogens with zero attached hydrogens (tertiary/aromatic N) is 1. The summed E-state index contributed by atoms with van der Waals surface area (Å²) in [7, 11) is 1.59. The highest BCUT2D eigenvalue weighted by Gasteiger charge is 2.58. The van der Waals surface area contributed by atoms with Crippen molar-refractivity contribution >= 4 is 17.7 Å². The van der Waals surface area contributed by atoms with E-state index < -0.39 is 35.4 Å². The molecule has 2 aliphatic rings. The maximum Gasteiger partial charge on any atom is 0.243 e. The number of nitrogens with one attached hydrogen (secondary N) is 2. The van der Waals surface area contributed by atoms with Crippen molar-refractivity contribution in [3.05, 3.63) is 12.2 Å². The van der Waals surface area contributed by atoms with Crippen LogP contribution in [0.25, 0.3) is 0 Å². The lowest BCUT2D eigenvalue weighted by Gasteiger charge is -2.38. The number of likely N-dealkylation sites (tertiary alicyclic amines) is 1. The first-order valence-electron chi connectivity index (χ1n) is 11.9. The first-order valence-corrected chi connectivity index (χ1v) is 11.9. The molecule has 0 aromatic carbocycles. The van der Waals surface area contributed by atoms with Crippen molar-refractivity contribution in [2.75, 3.05) is 13.7 Å². The number of allylic oxidation sites excluding steroid dienone is 1. The van der Waals surface area contributed by atoms with E-state index in [0.717, 1.165) is 19.3 Å². The fourth-order valence-electron chi connectivity index (χ4n) is 5.92. The standard InChI is InChI=1S/C25H43N3O4/c1-9-10-16-11-12-17-19(18(16)21(30)26-8)23(32)28(15(2)13-29)20(17)22(31)27-25(6,7)14-24(3,4)5/h11-12,15-20,29H,9-10,13-14H2,1-8H3,(H,26,30)(H,27,31)/t15-,16-,17+,18-,19-,20+/m1/s1. The largest absolute Gasteiger partial charge is 0.394 e. The number of amides is 3. The molecule has 1 fully saturated rings. The molecule has 1 aliphatic heterocycles. The monoisotopic (exact) mass is 449 g/mol. The van der Waals surface area contributed by atoms with E-state index in [4.69, 9.17) is 0 Å². The van der Waals surface area contributed by atoms with Crippen molar-refractivity contribution in [3.8, 4) is 0 Å². The van der Waals surface area contributed by atoms with E-state index in [1.807, 2.05) is 26.0 Å². The molecule has 0 bridgehead atoms. The minimum atomic E-state index is -0.750. The Labute approximate surface area is 193 Å². The second-order valence-electron chi connectivity index (χ2n) is 11.4. The van der Waals surface area contributed by atoms with Gasteiger partial charge in [-0.15, -0.1) is 0 Å². The van der Waals surface area contributed by atoms with Gasteiger partial charge in [0.1, 0.15) is 6.04 Å². The Balaban J connectivity index is 2.46. The smallest absolute Gasteiger partial charge is 0.243 e. The molecule has 3 amide bonds. The summed E-state index contributed by atoms with van der Waals surface area (Å²) in [6.45, 7) is 13.9. The molecule has 0 radical (unpaired) electrons. The third-order valence-electron chi connectivity index (χ3n) is 6.66. The van der Waals surface area contributed by atoms with Crippen LogP contribution in [0, 0.1) is 29.1 Å². The maximum atomic E-state index is 13.7. The highest BCUT2D eigenvalue weighted by Crippen LogP contribution is 2.46. The Kier molecular flexibility index (Phi) is 8.19. The maximum absolute atomic E-state index is 13.7. The van der Waals surface area contributed by atoms with Crippen LogP contribution in [0.15, 0.2) is 12.2 Å². The van der Waals surface area contributed by atoms with Gasteiger partial charge < -0.3 is 20.6 Å². The van der Waals surface area contributed by atoms with Crippen LogP contribution in [0.2, 0.25) is 0 Å². The van der Waals surface area contributed by atoms with Crippen LogP contribution in [0.5, 0.6) is 0 Å². The van der Waals surface area contributed by atoms with Crippen LogP contribution in [0.4, 0.5) is 0 Å². The molecule has 0 unspecified atom stereocenters. The van der Waals surface area contributed by atoms with Gasteiger partial charge in [0.05, 0.1) is 24.5 Å². The van der Waals surface area contributed by atoms with Gasteiger partial charge in [0, 0.05) is 18.5 Å². The topological polar surface area (TPSA) is 98.7 Å². The molecule has 2 rings (SSSR count). The number of carbonyl (C=O) groups excluding carboxylic acids is 3. The normalized spacial score (nSPS) is 29.0. The molecular formula is C25H43N3O4. The second kappa shape index (κ2) is 9.94. The Morgan fingerprint density at radius 3 is 2.28 bits per heavy atom. The highest BCUT2D eigenvalue weighted by molar-refractivity contribution is 5.97. The number of aliphatic hydroxyl groups excluding tert-OH is 1. The third-order valence-corrected chi connectivity index (χ3v) is 6.66. The predicted molar refractivity (Wildman–Crippen MR) is 126 cm³/mol. The number of carbonyl (C=O) groups is 3. The van der Waals surface area contributed by atoms with Crippen molar-refractivity contribution in [3.63, 3.8) is 0 Å². The number of aliphatic hydroxyl groups is 1. The molecule has 32 heavy (non-hydrogen) atoms. The zero-order valence-electron chi connectivity index (χ0n) is 21.1. The number of hydrogen-bond donors (Lipinski definition) is 3. The van der Waals surface area contributed by atoms with E-state index in [2.05, 4.69) is 38.3 Å². The van der Waals surface area contributed by atoms with Gasteiger partial charge in [0.15, 0.2) is 0 Å². The first kappa shape index (κ1) is 26.4. The lowest BCUT2D eigenvalue weighted by molar-refractivity contribution is -0.143. The molecule has 1 saturated heterocycles. The summed E-state index contributed by atoms with van der Waals surface area (Å²) in [6, 6.07) is -1.27. The minimum absolute atomic E-state index is 0.0192. The van der Waals surface area contributed by atoms with Gasteiger partial charge in [-0.05, 0) is 44.9 Å². The van der Waals surface area contributed by atoms with Crippen molar-refractivity contribution in [2.24, 2.45) is 29.1 Å². The average Bonchev–Trinajstić information content (AvgIpc) is 2.97. The zero-order chi connectivity index (χ0) is 24.4. The van der Waals surface area contributed by atoms with Crippen molar-refractivity contribution in [1.29, 1.82) is 0 Å². The fraction of sp³-hybridized carbons (Fsp3) is 0.800. The van der Waals surface area contributed by atoms with Crippen molar-refractivity contribution in [2.45, 2.75) is 85.4 Å². The van der Waals surface area contributed by atoms with Gasteiger partial charge in [0.2, 0.25) is 17.7 Å².